The highest BCUT2D eigenvalue weighted by Gasteiger charge is 2.26. The van der Waals surface area contributed by atoms with Crippen LogP contribution in [-0.4, -0.2) is 44.9 Å². The van der Waals surface area contributed by atoms with Crippen LogP contribution in [0.25, 0.3) is 0 Å². The minimum Gasteiger partial charge on any atom is -0.315 e. The van der Waals surface area contributed by atoms with Gasteiger partial charge in [0.25, 0.3) is 10.2 Å². The molecule has 17 heavy (non-hydrogen) atoms. The van der Waals surface area contributed by atoms with Crippen molar-refractivity contribution < 1.29 is 8.42 Å². The zero-order valence-electron chi connectivity index (χ0n) is 10.3. The summed E-state index contributed by atoms with van der Waals surface area (Å²) in [7, 11) is -3.26. The fourth-order valence-corrected chi connectivity index (χ4v) is 4.03. The first kappa shape index (κ1) is 13.3. The standard InChI is InChI=1S/C11H23N3O2S/c15-17(16,13-11-6-5-7-12-10-11)14-8-3-1-2-4-9-14/h11-13H,1-10H2. The molecule has 0 aromatic heterocycles. The molecule has 0 bridgehead atoms. The van der Waals surface area contributed by atoms with E-state index in [1.807, 2.05) is 0 Å². The summed E-state index contributed by atoms with van der Waals surface area (Å²) in [6, 6.07) is 0.0667. The molecule has 2 heterocycles. The summed E-state index contributed by atoms with van der Waals surface area (Å²) in [5.74, 6) is 0. The number of nitrogens with one attached hydrogen (secondary N) is 2. The van der Waals surface area contributed by atoms with E-state index in [0.29, 0.717) is 13.1 Å². The van der Waals surface area contributed by atoms with E-state index in [1.54, 1.807) is 4.31 Å². The average Bonchev–Trinajstić information content (AvgIpc) is 2.58. The Morgan fingerprint density at radius 2 is 1.76 bits per heavy atom. The van der Waals surface area contributed by atoms with Crippen molar-refractivity contribution >= 4 is 10.2 Å². The van der Waals surface area contributed by atoms with Crippen LogP contribution >= 0.6 is 0 Å². The lowest BCUT2D eigenvalue weighted by Crippen LogP contribution is -2.50. The number of rotatable bonds is 3. The van der Waals surface area contributed by atoms with Crippen molar-refractivity contribution in [3.8, 4) is 0 Å². The third kappa shape index (κ3) is 3.91. The van der Waals surface area contributed by atoms with E-state index in [4.69, 9.17) is 0 Å². The summed E-state index contributed by atoms with van der Waals surface area (Å²) >= 11 is 0. The van der Waals surface area contributed by atoms with Crippen molar-refractivity contribution in [1.82, 2.24) is 14.3 Å². The van der Waals surface area contributed by atoms with Crippen molar-refractivity contribution in [2.45, 2.75) is 44.6 Å². The second-order valence-corrected chi connectivity index (χ2v) is 6.68. The normalized spacial score (nSPS) is 28.8. The van der Waals surface area contributed by atoms with Gasteiger partial charge in [0, 0.05) is 25.7 Å². The fraction of sp³-hybridized carbons (Fsp3) is 1.00. The van der Waals surface area contributed by atoms with Gasteiger partial charge in [0.1, 0.15) is 0 Å². The summed E-state index contributed by atoms with van der Waals surface area (Å²) in [6.07, 6.45) is 6.27. The molecule has 0 amide bonds. The lowest BCUT2D eigenvalue weighted by molar-refractivity contribution is 0.384. The fourth-order valence-electron chi connectivity index (χ4n) is 2.52. The minimum atomic E-state index is -3.26. The molecule has 2 N–H and O–H groups in total. The predicted octanol–water partition coefficient (Wildman–Crippen LogP) is 0.449. The summed E-state index contributed by atoms with van der Waals surface area (Å²) in [6.45, 7) is 3.11. The summed E-state index contributed by atoms with van der Waals surface area (Å²) in [5, 5.41) is 3.23. The van der Waals surface area contributed by atoms with Gasteiger partial charge in [-0.2, -0.15) is 17.4 Å². The van der Waals surface area contributed by atoms with E-state index in [0.717, 1.165) is 51.6 Å². The van der Waals surface area contributed by atoms with Gasteiger partial charge in [-0.1, -0.05) is 12.8 Å². The van der Waals surface area contributed by atoms with Crippen LogP contribution in [0.5, 0.6) is 0 Å². The summed E-state index contributed by atoms with van der Waals surface area (Å²) in [5.41, 5.74) is 0. The summed E-state index contributed by atoms with van der Waals surface area (Å²) in [4.78, 5) is 0. The Balaban J connectivity index is 1.91. The maximum atomic E-state index is 12.2. The van der Waals surface area contributed by atoms with Crippen LogP contribution in [-0.2, 0) is 10.2 Å². The van der Waals surface area contributed by atoms with Crippen molar-refractivity contribution in [1.29, 1.82) is 0 Å². The molecule has 2 fully saturated rings. The topological polar surface area (TPSA) is 61.4 Å². The Kier molecular flexibility index (Phi) is 4.78. The molecule has 0 aromatic rings. The Labute approximate surface area is 104 Å². The maximum absolute atomic E-state index is 12.2. The number of hydrogen-bond acceptors (Lipinski definition) is 3. The predicted molar refractivity (Wildman–Crippen MR) is 68.0 cm³/mol. The second kappa shape index (κ2) is 6.13. The first-order valence-electron chi connectivity index (χ1n) is 6.66. The van der Waals surface area contributed by atoms with Crippen LogP contribution in [0.2, 0.25) is 0 Å². The van der Waals surface area contributed by atoms with E-state index in [1.165, 1.54) is 0 Å². The van der Waals surface area contributed by atoms with Gasteiger partial charge in [-0.15, -0.1) is 0 Å². The van der Waals surface area contributed by atoms with Crippen LogP contribution in [0.4, 0.5) is 0 Å². The van der Waals surface area contributed by atoms with Crippen LogP contribution in [0.1, 0.15) is 38.5 Å². The summed E-state index contributed by atoms with van der Waals surface area (Å²) < 4.78 is 28.8. The smallest absolute Gasteiger partial charge is 0.279 e. The quantitative estimate of drug-likeness (QED) is 0.775. The van der Waals surface area contributed by atoms with Crippen molar-refractivity contribution in [2.75, 3.05) is 26.2 Å². The monoisotopic (exact) mass is 261 g/mol. The van der Waals surface area contributed by atoms with E-state index >= 15 is 0 Å². The molecule has 1 unspecified atom stereocenters. The van der Waals surface area contributed by atoms with Crippen LogP contribution < -0.4 is 10.0 Å². The molecule has 0 aromatic carbocycles. The van der Waals surface area contributed by atoms with Gasteiger partial charge in [0.2, 0.25) is 0 Å². The molecule has 0 aliphatic carbocycles. The van der Waals surface area contributed by atoms with Gasteiger partial charge in [-0.05, 0) is 32.2 Å². The number of piperidine rings is 1. The second-order valence-electron chi connectivity index (χ2n) is 4.98. The largest absolute Gasteiger partial charge is 0.315 e. The van der Waals surface area contributed by atoms with Crippen LogP contribution in [0.3, 0.4) is 0 Å². The Morgan fingerprint density at radius 3 is 2.35 bits per heavy atom. The third-order valence-electron chi connectivity index (χ3n) is 3.52. The molecule has 6 heteroatoms. The van der Waals surface area contributed by atoms with Gasteiger partial charge in [-0.3, -0.25) is 0 Å². The third-order valence-corrected chi connectivity index (χ3v) is 5.19. The zero-order valence-corrected chi connectivity index (χ0v) is 11.1. The van der Waals surface area contributed by atoms with Crippen LogP contribution in [0.15, 0.2) is 0 Å². The average molecular weight is 261 g/mol. The zero-order chi connectivity index (χ0) is 12.1. The number of hydrogen-bond donors (Lipinski definition) is 2. The molecular weight excluding hydrogens is 238 g/mol. The minimum absolute atomic E-state index is 0.0667. The lowest BCUT2D eigenvalue weighted by atomic mass is 10.1. The van der Waals surface area contributed by atoms with E-state index in [2.05, 4.69) is 10.0 Å². The Hall–Kier alpha value is -0.170. The van der Waals surface area contributed by atoms with Gasteiger partial charge in [-0.25, -0.2) is 0 Å². The highest BCUT2D eigenvalue weighted by molar-refractivity contribution is 7.87. The maximum Gasteiger partial charge on any atom is 0.279 e. The van der Waals surface area contributed by atoms with Gasteiger partial charge in [0.15, 0.2) is 0 Å². The molecule has 0 radical (unpaired) electrons. The van der Waals surface area contributed by atoms with Crippen molar-refractivity contribution in [3.63, 3.8) is 0 Å². The molecule has 100 valence electrons. The van der Waals surface area contributed by atoms with E-state index in [9.17, 15) is 8.42 Å². The van der Waals surface area contributed by atoms with Gasteiger partial charge in [0.05, 0.1) is 0 Å². The van der Waals surface area contributed by atoms with Gasteiger partial charge >= 0.3 is 0 Å². The first-order valence-corrected chi connectivity index (χ1v) is 8.10. The van der Waals surface area contributed by atoms with E-state index in [-0.39, 0.29) is 6.04 Å². The highest BCUT2D eigenvalue weighted by atomic mass is 32.2. The Bertz CT molecular complexity index is 318. The van der Waals surface area contributed by atoms with Crippen LogP contribution in [0, 0.1) is 0 Å². The molecule has 2 saturated heterocycles. The number of nitrogens with zero attached hydrogens (tertiary/aromatic N) is 1. The molecule has 2 aliphatic rings. The van der Waals surface area contributed by atoms with Gasteiger partial charge < -0.3 is 5.32 Å². The molecule has 2 rings (SSSR count). The molecule has 5 nitrogen and oxygen atoms in total. The van der Waals surface area contributed by atoms with E-state index < -0.39 is 10.2 Å². The molecule has 0 saturated carbocycles. The molecule has 0 spiro atoms. The molecular formula is C11H23N3O2S. The van der Waals surface area contributed by atoms with Crippen molar-refractivity contribution in [2.24, 2.45) is 0 Å². The molecule has 1 atom stereocenters. The SMILES string of the molecule is O=S(=O)(NC1CCCNC1)N1CCCCCC1. The molecule has 2 aliphatic heterocycles. The first-order chi connectivity index (χ1) is 8.18. The highest BCUT2D eigenvalue weighted by Crippen LogP contribution is 2.13. The Morgan fingerprint density at radius 1 is 1.06 bits per heavy atom. The van der Waals surface area contributed by atoms with Crippen molar-refractivity contribution in [3.05, 3.63) is 0 Å². The lowest BCUT2D eigenvalue weighted by Gasteiger charge is -2.27.